The number of thioether (sulfide) groups is 1. The zero-order valence-electron chi connectivity index (χ0n) is 15.5. The number of nitrogens with zero attached hydrogens (tertiary/aromatic N) is 3. The summed E-state index contributed by atoms with van der Waals surface area (Å²) in [5.74, 6) is 0.352. The first-order chi connectivity index (χ1) is 14.1. The van der Waals surface area contributed by atoms with Crippen molar-refractivity contribution in [1.82, 2.24) is 14.6 Å². The van der Waals surface area contributed by atoms with Crippen LogP contribution in [-0.2, 0) is 4.79 Å². The van der Waals surface area contributed by atoms with Crippen LogP contribution in [0.1, 0.15) is 0 Å². The minimum Gasteiger partial charge on any atom is -0.496 e. The lowest BCUT2D eigenvalue weighted by Crippen LogP contribution is -2.14. The van der Waals surface area contributed by atoms with E-state index in [9.17, 15) is 9.18 Å². The third kappa shape index (κ3) is 4.22. The summed E-state index contributed by atoms with van der Waals surface area (Å²) in [4.78, 5) is 16.6. The Bertz CT molecular complexity index is 1160. The maximum Gasteiger partial charge on any atom is 0.234 e. The highest BCUT2D eigenvalue weighted by atomic mass is 32.2. The van der Waals surface area contributed by atoms with Gasteiger partial charge in [-0.25, -0.2) is 13.9 Å². The van der Waals surface area contributed by atoms with E-state index in [1.807, 2.05) is 30.3 Å². The number of benzene rings is 2. The first-order valence-electron chi connectivity index (χ1n) is 8.80. The maximum absolute atomic E-state index is 13.0. The predicted octanol–water partition coefficient (Wildman–Crippen LogP) is 4.27. The van der Waals surface area contributed by atoms with Crippen molar-refractivity contribution >= 4 is 28.9 Å². The number of amides is 1. The number of rotatable bonds is 6. The van der Waals surface area contributed by atoms with Gasteiger partial charge >= 0.3 is 0 Å². The molecule has 0 radical (unpaired) electrons. The zero-order chi connectivity index (χ0) is 20.2. The van der Waals surface area contributed by atoms with Gasteiger partial charge in [0.1, 0.15) is 16.6 Å². The van der Waals surface area contributed by atoms with Crippen LogP contribution in [0.4, 0.5) is 10.1 Å². The van der Waals surface area contributed by atoms with E-state index in [4.69, 9.17) is 4.74 Å². The van der Waals surface area contributed by atoms with E-state index >= 15 is 0 Å². The summed E-state index contributed by atoms with van der Waals surface area (Å²) in [7, 11) is 1.62. The molecule has 0 unspecified atom stereocenters. The molecule has 1 amide bonds. The number of carbonyl (C=O) groups excluding carboxylic acids is 1. The largest absolute Gasteiger partial charge is 0.496 e. The second kappa shape index (κ2) is 8.32. The minimum absolute atomic E-state index is 0.166. The number of hydrogen-bond donors (Lipinski definition) is 1. The van der Waals surface area contributed by atoms with Crippen molar-refractivity contribution in [2.75, 3.05) is 18.2 Å². The van der Waals surface area contributed by atoms with E-state index in [0.717, 1.165) is 22.5 Å². The lowest BCUT2D eigenvalue weighted by atomic mass is 10.1. The number of halogens is 1. The van der Waals surface area contributed by atoms with Gasteiger partial charge in [0.2, 0.25) is 5.91 Å². The maximum atomic E-state index is 13.0. The van der Waals surface area contributed by atoms with Gasteiger partial charge in [-0.2, -0.15) is 5.10 Å². The standard InChI is InChI=1S/C21H17FN4O2S/c1-28-19-5-3-2-4-16(19)17-12-18-21(23-10-11-26(18)25-17)29-13-20(27)24-15-8-6-14(22)7-9-15/h2-12H,13H2,1H3,(H,24,27). The molecule has 2 aromatic carbocycles. The molecule has 0 aliphatic carbocycles. The highest BCUT2D eigenvalue weighted by Crippen LogP contribution is 2.31. The lowest BCUT2D eigenvalue weighted by Gasteiger charge is -2.05. The van der Waals surface area contributed by atoms with E-state index in [1.165, 1.54) is 36.0 Å². The monoisotopic (exact) mass is 408 g/mol. The average Bonchev–Trinajstić information content (AvgIpc) is 3.18. The molecule has 0 fully saturated rings. The smallest absolute Gasteiger partial charge is 0.234 e. The molecule has 0 bridgehead atoms. The molecule has 0 aliphatic rings. The second-order valence-electron chi connectivity index (χ2n) is 6.14. The number of methoxy groups -OCH3 is 1. The van der Waals surface area contributed by atoms with Crippen molar-refractivity contribution < 1.29 is 13.9 Å². The van der Waals surface area contributed by atoms with Crippen LogP contribution in [0.3, 0.4) is 0 Å². The van der Waals surface area contributed by atoms with Crippen molar-refractivity contribution in [1.29, 1.82) is 0 Å². The van der Waals surface area contributed by atoms with Gasteiger partial charge < -0.3 is 10.1 Å². The second-order valence-corrected chi connectivity index (χ2v) is 7.10. The van der Waals surface area contributed by atoms with Crippen molar-refractivity contribution in [3.05, 3.63) is 72.8 Å². The van der Waals surface area contributed by atoms with Gasteiger partial charge in [0, 0.05) is 23.6 Å². The Morgan fingerprint density at radius 3 is 2.79 bits per heavy atom. The van der Waals surface area contributed by atoms with Crippen molar-refractivity contribution in [3.63, 3.8) is 0 Å². The molecule has 4 rings (SSSR count). The molecule has 2 aromatic heterocycles. The molecule has 8 heteroatoms. The number of carbonyl (C=O) groups is 1. The van der Waals surface area contributed by atoms with E-state index in [1.54, 1.807) is 24.0 Å². The summed E-state index contributed by atoms with van der Waals surface area (Å²) >= 11 is 1.31. The minimum atomic E-state index is -0.347. The van der Waals surface area contributed by atoms with Crippen LogP contribution < -0.4 is 10.1 Å². The molecule has 0 saturated carbocycles. The Labute approximate surface area is 170 Å². The fraction of sp³-hybridized carbons (Fsp3) is 0.0952. The van der Waals surface area contributed by atoms with Gasteiger partial charge in [0.15, 0.2) is 0 Å². The molecule has 0 spiro atoms. The van der Waals surface area contributed by atoms with Crippen LogP contribution in [0, 0.1) is 5.82 Å². The predicted molar refractivity (Wildman–Crippen MR) is 111 cm³/mol. The number of nitrogens with one attached hydrogen (secondary N) is 1. The summed E-state index contributed by atoms with van der Waals surface area (Å²) in [5, 5.41) is 8.03. The summed E-state index contributed by atoms with van der Waals surface area (Å²) in [6.07, 6.45) is 3.41. The normalized spacial score (nSPS) is 10.8. The van der Waals surface area contributed by atoms with Crippen molar-refractivity contribution in [2.45, 2.75) is 5.03 Å². The van der Waals surface area contributed by atoms with Crippen molar-refractivity contribution in [3.8, 4) is 17.0 Å². The molecule has 146 valence electrons. The summed E-state index contributed by atoms with van der Waals surface area (Å²) in [5.41, 5.74) is 2.98. The first kappa shape index (κ1) is 18.9. The Morgan fingerprint density at radius 2 is 2.00 bits per heavy atom. The van der Waals surface area contributed by atoms with Crippen LogP contribution in [-0.4, -0.2) is 33.4 Å². The molecular weight excluding hydrogens is 391 g/mol. The lowest BCUT2D eigenvalue weighted by molar-refractivity contribution is -0.113. The number of aromatic nitrogens is 3. The Kier molecular flexibility index (Phi) is 5.44. The molecule has 0 aliphatic heterocycles. The quantitative estimate of drug-likeness (QED) is 0.483. The highest BCUT2D eigenvalue weighted by Gasteiger charge is 2.13. The number of para-hydroxylation sites is 1. The van der Waals surface area contributed by atoms with E-state index in [0.29, 0.717) is 10.7 Å². The molecular formula is C21H17FN4O2S. The van der Waals surface area contributed by atoms with Crippen LogP contribution in [0.2, 0.25) is 0 Å². The van der Waals surface area contributed by atoms with Gasteiger partial charge in [-0.15, -0.1) is 0 Å². The number of hydrogen-bond acceptors (Lipinski definition) is 5. The van der Waals surface area contributed by atoms with Crippen LogP contribution >= 0.6 is 11.8 Å². The summed E-state index contributed by atoms with van der Waals surface area (Å²) < 4.78 is 20.1. The molecule has 6 nitrogen and oxygen atoms in total. The summed E-state index contributed by atoms with van der Waals surface area (Å²) in [6, 6.07) is 15.2. The Morgan fingerprint density at radius 1 is 1.21 bits per heavy atom. The molecule has 0 saturated heterocycles. The molecule has 2 heterocycles. The van der Waals surface area contributed by atoms with Crippen molar-refractivity contribution in [2.24, 2.45) is 0 Å². The fourth-order valence-electron chi connectivity index (χ4n) is 2.86. The van der Waals surface area contributed by atoms with Gasteiger partial charge in [-0.1, -0.05) is 23.9 Å². The average molecular weight is 408 g/mol. The molecule has 0 atom stereocenters. The van der Waals surface area contributed by atoms with E-state index < -0.39 is 0 Å². The molecule has 1 N–H and O–H groups in total. The van der Waals surface area contributed by atoms with Crippen LogP contribution in [0.15, 0.2) is 72.0 Å². The zero-order valence-corrected chi connectivity index (χ0v) is 16.3. The van der Waals surface area contributed by atoms with Gasteiger partial charge in [-0.05, 0) is 42.5 Å². The van der Waals surface area contributed by atoms with Gasteiger partial charge in [0.05, 0.1) is 24.1 Å². The first-order valence-corrected chi connectivity index (χ1v) is 9.78. The highest BCUT2D eigenvalue weighted by molar-refractivity contribution is 8.00. The Balaban J connectivity index is 1.53. The summed E-state index contributed by atoms with van der Waals surface area (Å²) in [6.45, 7) is 0. The van der Waals surface area contributed by atoms with E-state index in [-0.39, 0.29) is 17.5 Å². The van der Waals surface area contributed by atoms with Crippen LogP contribution in [0.5, 0.6) is 5.75 Å². The Hall–Kier alpha value is -3.39. The number of ether oxygens (including phenoxy) is 1. The third-order valence-corrected chi connectivity index (χ3v) is 5.20. The van der Waals surface area contributed by atoms with E-state index in [2.05, 4.69) is 15.4 Å². The molecule has 4 aromatic rings. The van der Waals surface area contributed by atoms with Gasteiger partial charge in [-0.3, -0.25) is 4.79 Å². The fourth-order valence-corrected chi connectivity index (χ4v) is 3.64. The van der Waals surface area contributed by atoms with Crippen LogP contribution in [0.25, 0.3) is 16.8 Å². The SMILES string of the molecule is COc1ccccc1-c1cc2c(SCC(=O)Nc3ccc(F)cc3)nccn2n1. The topological polar surface area (TPSA) is 68.5 Å². The van der Waals surface area contributed by atoms with Gasteiger partial charge in [0.25, 0.3) is 0 Å². The third-order valence-electron chi connectivity index (χ3n) is 4.21. The number of anilines is 1. The molecule has 29 heavy (non-hydrogen) atoms. The number of fused-ring (bicyclic) bond motifs is 1.